The lowest BCUT2D eigenvalue weighted by atomic mass is 10.0. The quantitative estimate of drug-likeness (QED) is 0.751. The summed E-state index contributed by atoms with van der Waals surface area (Å²) in [6.07, 6.45) is -0.175. The molecule has 5 nitrogen and oxygen atoms in total. The minimum Gasteiger partial charge on any atom is -0.507 e. The number of carboxylic acid groups (broad SMARTS) is 1. The number of carbonyl (C=O) groups is 2. The molecule has 2 N–H and O–H groups in total. The number of aromatic carboxylic acids is 1. The number of benzene rings is 1. The molecule has 0 aliphatic carbocycles. The van der Waals surface area contributed by atoms with Crippen LogP contribution in [0.1, 0.15) is 21.5 Å². The van der Waals surface area contributed by atoms with Crippen LogP contribution < -0.4 is 0 Å². The summed E-state index contributed by atoms with van der Waals surface area (Å²) >= 11 is 0. The van der Waals surface area contributed by atoms with Gasteiger partial charge in [0.2, 0.25) is 0 Å². The van der Waals surface area contributed by atoms with Gasteiger partial charge in [0.1, 0.15) is 11.3 Å². The Labute approximate surface area is 92.3 Å². The summed E-state index contributed by atoms with van der Waals surface area (Å²) in [5.74, 6) is -2.13. The molecular weight excluding hydrogens is 212 g/mol. The molecular formula is C11H12O5. The highest BCUT2D eigenvalue weighted by Gasteiger charge is 2.19. The van der Waals surface area contributed by atoms with Gasteiger partial charge in [-0.1, -0.05) is 12.1 Å². The van der Waals surface area contributed by atoms with E-state index in [-0.39, 0.29) is 23.3 Å². The molecule has 1 rings (SSSR count). The number of ether oxygens (including phenoxy) is 1. The average molecular weight is 224 g/mol. The third-order valence-electron chi connectivity index (χ3n) is 2.24. The van der Waals surface area contributed by atoms with Crippen LogP contribution in [0, 0.1) is 6.92 Å². The summed E-state index contributed by atoms with van der Waals surface area (Å²) in [5.41, 5.74) is 0.443. The molecule has 0 fully saturated rings. The first kappa shape index (κ1) is 12.0. The molecule has 0 saturated carbocycles. The standard InChI is InChI=1S/C11H12O5/c1-6-3-4-7(5-8(12)16-2)9(10(6)13)11(14)15/h3-4,13H,5H2,1-2H3,(H,14,15). The number of hydrogen-bond donors (Lipinski definition) is 2. The molecule has 1 aromatic rings. The number of aryl methyl sites for hydroxylation is 1. The molecule has 0 bridgehead atoms. The minimum absolute atomic E-state index is 0.175. The molecule has 0 aliphatic heterocycles. The van der Waals surface area contributed by atoms with Crippen molar-refractivity contribution < 1.29 is 24.5 Å². The molecule has 0 spiro atoms. The summed E-state index contributed by atoms with van der Waals surface area (Å²) < 4.78 is 4.45. The van der Waals surface area contributed by atoms with Crippen LogP contribution in [-0.4, -0.2) is 29.3 Å². The van der Waals surface area contributed by atoms with Crippen LogP contribution in [-0.2, 0) is 16.0 Å². The SMILES string of the molecule is COC(=O)Cc1ccc(C)c(O)c1C(=O)O. The van der Waals surface area contributed by atoms with Gasteiger partial charge in [0, 0.05) is 0 Å². The van der Waals surface area contributed by atoms with Crippen LogP contribution in [0.3, 0.4) is 0 Å². The van der Waals surface area contributed by atoms with E-state index in [1.165, 1.54) is 13.2 Å². The van der Waals surface area contributed by atoms with E-state index in [1.54, 1.807) is 13.0 Å². The lowest BCUT2D eigenvalue weighted by Gasteiger charge is -2.09. The van der Waals surface area contributed by atoms with Crippen LogP contribution in [0.4, 0.5) is 0 Å². The van der Waals surface area contributed by atoms with Crippen LogP contribution >= 0.6 is 0 Å². The second-order valence-electron chi connectivity index (χ2n) is 3.32. The average Bonchev–Trinajstić information content (AvgIpc) is 2.23. The smallest absolute Gasteiger partial charge is 0.339 e. The monoisotopic (exact) mass is 224 g/mol. The Morgan fingerprint density at radius 2 is 2.00 bits per heavy atom. The van der Waals surface area contributed by atoms with E-state index in [1.807, 2.05) is 0 Å². The molecule has 0 aliphatic rings. The van der Waals surface area contributed by atoms with Crippen molar-refractivity contribution in [2.75, 3.05) is 7.11 Å². The number of hydrogen-bond acceptors (Lipinski definition) is 4. The summed E-state index contributed by atoms with van der Waals surface area (Å²) in [7, 11) is 1.22. The highest BCUT2D eigenvalue weighted by atomic mass is 16.5. The van der Waals surface area contributed by atoms with Gasteiger partial charge in [-0.25, -0.2) is 4.79 Å². The number of methoxy groups -OCH3 is 1. The summed E-state index contributed by atoms with van der Waals surface area (Å²) in [5, 5.41) is 18.5. The summed E-state index contributed by atoms with van der Waals surface area (Å²) in [4.78, 5) is 22.0. The predicted octanol–water partition coefficient (Wildman–Crippen LogP) is 1.11. The molecule has 0 saturated heterocycles. The molecule has 0 amide bonds. The maximum Gasteiger partial charge on any atom is 0.339 e. The first-order chi connectivity index (χ1) is 7.47. The summed E-state index contributed by atoms with van der Waals surface area (Å²) in [6, 6.07) is 3.05. The van der Waals surface area contributed by atoms with Crippen molar-refractivity contribution in [2.24, 2.45) is 0 Å². The fourth-order valence-corrected chi connectivity index (χ4v) is 1.35. The van der Waals surface area contributed by atoms with E-state index < -0.39 is 11.9 Å². The van der Waals surface area contributed by atoms with Crippen LogP contribution in [0.2, 0.25) is 0 Å². The van der Waals surface area contributed by atoms with Crippen molar-refractivity contribution in [2.45, 2.75) is 13.3 Å². The van der Waals surface area contributed by atoms with E-state index in [0.29, 0.717) is 5.56 Å². The zero-order valence-corrected chi connectivity index (χ0v) is 8.98. The Bertz CT molecular complexity index is 436. The molecule has 0 unspecified atom stereocenters. The molecule has 1 aromatic carbocycles. The number of phenols is 1. The van der Waals surface area contributed by atoms with Gasteiger partial charge < -0.3 is 14.9 Å². The third kappa shape index (κ3) is 2.31. The van der Waals surface area contributed by atoms with Gasteiger partial charge in [-0.3, -0.25) is 4.79 Å². The zero-order chi connectivity index (χ0) is 12.3. The largest absolute Gasteiger partial charge is 0.507 e. The highest BCUT2D eigenvalue weighted by Crippen LogP contribution is 2.26. The fraction of sp³-hybridized carbons (Fsp3) is 0.273. The molecule has 0 heterocycles. The Morgan fingerprint density at radius 3 is 2.50 bits per heavy atom. The van der Waals surface area contributed by atoms with Crippen molar-refractivity contribution in [1.82, 2.24) is 0 Å². The number of carbonyl (C=O) groups excluding carboxylic acids is 1. The van der Waals surface area contributed by atoms with Crippen molar-refractivity contribution in [3.63, 3.8) is 0 Å². The second-order valence-corrected chi connectivity index (χ2v) is 3.32. The van der Waals surface area contributed by atoms with Gasteiger partial charge >= 0.3 is 11.9 Å². The Balaban J connectivity index is 3.23. The van der Waals surface area contributed by atoms with Crippen LogP contribution in [0.15, 0.2) is 12.1 Å². The zero-order valence-electron chi connectivity index (χ0n) is 8.98. The number of esters is 1. The van der Waals surface area contributed by atoms with Crippen LogP contribution in [0.25, 0.3) is 0 Å². The Morgan fingerprint density at radius 1 is 1.38 bits per heavy atom. The van der Waals surface area contributed by atoms with E-state index in [4.69, 9.17) is 5.11 Å². The maximum absolute atomic E-state index is 11.1. The first-order valence-corrected chi connectivity index (χ1v) is 4.59. The van der Waals surface area contributed by atoms with E-state index in [2.05, 4.69) is 4.74 Å². The summed E-state index contributed by atoms with van der Waals surface area (Å²) in [6.45, 7) is 1.59. The van der Waals surface area contributed by atoms with Gasteiger partial charge in [-0.2, -0.15) is 0 Å². The maximum atomic E-state index is 11.1. The number of carboxylic acids is 1. The highest BCUT2D eigenvalue weighted by molar-refractivity contribution is 5.94. The minimum atomic E-state index is -1.26. The van der Waals surface area contributed by atoms with Crippen molar-refractivity contribution in [1.29, 1.82) is 0 Å². The lowest BCUT2D eigenvalue weighted by Crippen LogP contribution is -2.10. The molecule has 86 valence electrons. The third-order valence-corrected chi connectivity index (χ3v) is 2.24. The van der Waals surface area contributed by atoms with Crippen molar-refractivity contribution >= 4 is 11.9 Å². The lowest BCUT2D eigenvalue weighted by molar-refractivity contribution is -0.139. The Hall–Kier alpha value is -2.04. The fourth-order valence-electron chi connectivity index (χ4n) is 1.35. The Kier molecular flexibility index (Phi) is 3.50. The number of aromatic hydroxyl groups is 1. The van der Waals surface area contributed by atoms with Gasteiger partial charge in [-0.05, 0) is 18.1 Å². The molecule has 16 heavy (non-hydrogen) atoms. The van der Waals surface area contributed by atoms with E-state index in [0.717, 1.165) is 0 Å². The number of rotatable bonds is 3. The molecule has 0 radical (unpaired) electrons. The van der Waals surface area contributed by atoms with Gasteiger partial charge in [0.15, 0.2) is 0 Å². The molecule has 5 heteroatoms. The van der Waals surface area contributed by atoms with Gasteiger partial charge in [0.05, 0.1) is 13.5 Å². The predicted molar refractivity (Wildman–Crippen MR) is 55.5 cm³/mol. The topological polar surface area (TPSA) is 83.8 Å². The first-order valence-electron chi connectivity index (χ1n) is 4.59. The second kappa shape index (κ2) is 4.65. The van der Waals surface area contributed by atoms with Gasteiger partial charge in [-0.15, -0.1) is 0 Å². The van der Waals surface area contributed by atoms with E-state index in [9.17, 15) is 14.7 Å². The van der Waals surface area contributed by atoms with Crippen molar-refractivity contribution in [3.05, 3.63) is 28.8 Å². The molecule has 0 atom stereocenters. The normalized spacial score (nSPS) is 9.88. The van der Waals surface area contributed by atoms with E-state index >= 15 is 0 Å². The van der Waals surface area contributed by atoms with Gasteiger partial charge in [0.25, 0.3) is 0 Å². The molecule has 0 aromatic heterocycles. The van der Waals surface area contributed by atoms with Crippen LogP contribution in [0.5, 0.6) is 5.75 Å². The van der Waals surface area contributed by atoms with Crippen molar-refractivity contribution in [3.8, 4) is 5.75 Å².